The molecule has 0 aliphatic rings. The smallest absolute Gasteiger partial charge is 0.242 e. The van der Waals surface area contributed by atoms with Crippen LogP contribution in [0.25, 0.3) is 0 Å². The third kappa shape index (κ3) is 3.63. The van der Waals surface area contributed by atoms with Crippen molar-refractivity contribution >= 4 is 53.2 Å². The normalized spacial score (nSPS) is 11.7. The van der Waals surface area contributed by atoms with Crippen molar-refractivity contribution in [2.45, 2.75) is 18.4 Å². The minimum atomic E-state index is -3.55. The first kappa shape index (κ1) is 15.1. The quantitative estimate of drug-likeness (QED) is 0.815. The second-order valence-electron chi connectivity index (χ2n) is 3.76. The van der Waals surface area contributed by atoms with Gasteiger partial charge in [-0.15, -0.1) is 11.3 Å². The molecule has 0 saturated carbocycles. The van der Waals surface area contributed by atoms with E-state index in [1.807, 2.05) is 6.92 Å². The molecule has 19 heavy (non-hydrogen) atoms. The average molecular weight is 426 g/mol. The Morgan fingerprint density at radius 1 is 1.37 bits per heavy atom. The van der Waals surface area contributed by atoms with Gasteiger partial charge < -0.3 is 0 Å². The first-order valence-electron chi connectivity index (χ1n) is 5.24. The maximum Gasteiger partial charge on any atom is 0.242 e. The molecule has 0 saturated heterocycles. The van der Waals surface area contributed by atoms with E-state index in [-0.39, 0.29) is 11.4 Å². The van der Waals surface area contributed by atoms with Crippen LogP contribution in [0.3, 0.4) is 0 Å². The summed E-state index contributed by atoms with van der Waals surface area (Å²) in [5, 5.41) is 0. The molecule has 1 heterocycles. The van der Waals surface area contributed by atoms with Crippen LogP contribution < -0.4 is 4.72 Å². The number of benzene rings is 1. The fourth-order valence-corrected chi connectivity index (χ4v) is 4.72. The molecule has 102 valence electrons. The lowest BCUT2D eigenvalue weighted by Gasteiger charge is -2.08. The Balaban J connectivity index is 2.23. The summed E-state index contributed by atoms with van der Waals surface area (Å²) in [4.78, 5) is 5.21. The number of hydrogen-bond acceptors (Lipinski definition) is 4. The largest absolute Gasteiger partial charge is 0.250 e. The zero-order valence-electron chi connectivity index (χ0n) is 9.85. The lowest BCUT2D eigenvalue weighted by atomic mass is 10.4. The zero-order chi connectivity index (χ0) is 14.0. The average Bonchev–Trinajstić information content (AvgIpc) is 2.75. The maximum atomic E-state index is 12.2. The number of thiazole rings is 1. The third-order valence-electron chi connectivity index (χ3n) is 2.45. The van der Waals surface area contributed by atoms with Crippen molar-refractivity contribution in [2.75, 3.05) is 0 Å². The predicted molar refractivity (Wildman–Crippen MR) is 82.7 cm³/mol. The van der Waals surface area contributed by atoms with Crippen LogP contribution in [-0.4, -0.2) is 13.4 Å². The zero-order valence-corrected chi connectivity index (χ0v) is 14.7. The molecule has 1 aromatic heterocycles. The minimum Gasteiger partial charge on any atom is -0.250 e. The van der Waals surface area contributed by atoms with Crippen LogP contribution in [-0.2, 0) is 16.6 Å². The van der Waals surface area contributed by atoms with Crippen molar-refractivity contribution in [1.82, 2.24) is 9.71 Å². The number of hydrogen-bond donors (Lipinski definition) is 1. The van der Waals surface area contributed by atoms with Crippen LogP contribution in [0.5, 0.6) is 0 Å². The summed E-state index contributed by atoms with van der Waals surface area (Å²) in [7, 11) is -3.55. The molecule has 1 N–H and O–H groups in total. The number of aromatic nitrogens is 1. The van der Waals surface area contributed by atoms with Gasteiger partial charge in [0, 0.05) is 20.4 Å². The van der Waals surface area contributed by atoms with Gasteiger partial charge in [0.05, 0.1) is 16.1 Å². The first-order chi connectivity index (χ1) is 8.90. The molecule has 0 atom stereocenters. The van der Waals surface area contributed by atoms with Gasteiger partial charge in [0.1, 0.15) is 0 Å². The number of nitrogens with one attached hydrogen (secondary N) is 1. The Labute approximate surface area is 132 Å². The monoisotopic (exact) mass is 424 g/mol. The molecular weight excluding hydrogens is 416 g/mol. The first-order valence-corrected chi connectivity index (χ1v) is 9.19. The van der Waals surface area contributed by atoms with Gasteiger partial charge in [-0.25, -0.2) is 18.1 Å². The van der Waals surface area contributed by atoms with E-state index in [2.05, 4.69) is 41.6 Å². The van der Waals surface area contributed by atoms with Gasteiger partial charge in [-0.05, 0) is 41.1 Å². The topological polar surface area (TPSA) is 59.1 Å². The lowest BCUT2D eigenvalue weighted by Crippen LogP contribution is -2.23. The Morgan fingerprint density at radius 2 is 2.11 bits per heavy atom. The van der Waals surface area contributed by atoms with Gasteiger partial charge in [-0.1, -0.05) is 15.9 Å². The maximum absolute atomic E-state index is 12.2. The lowest BCUT2D eigenvalue weighted by molar-refractivity contribution is 0.581. The van der Waals surface area contributed by atoms with Crippen molar-refractivity contribution in [3.8, 4) is 0 Å². The van der Waals surface area contributed by atoms with E-state index in [1.165, 1.54) is 11.3 Å². The number of aryl methyl sites for hydroxylation is 1. The summed E-state index contributed by atoms with van der Waals surface area (Å²) in [6.07, 6.45) is 0. The van der Waals surface area contributed by atoms with E-state index >= 15 is 0 Å². The molecule has 0 bridgehead atoms. The van der Waals surface area contributed by atoms with Crippen molar-refractivity contribution < 1.29 is 8.42 Å². The third-order valence-corrected chi connectivity index (χ3v) is 6.27. The van der Waals surface area contributed by atoms with E-state index in [4.69, 9.17) is 0 Å². The SMILES string of the molecule is Cc1ncsc1CNS(=O)(=O)c1cc(Br)ccc1Br. The molecular formula is C11H10Br2N2O2S2. The fourth-order valence-electron chi connectivity index (χ4n) is 1.42. The second-order valence-corrected chi connectivity index (χ2v) is 8.20. The van der Waals surface area contributed by atoms with Gasteiger partial charge in [-0.3, -0.25) is 0 Å². The Hall–Kier alpha value is -0.280. The van der Waals surface area contributed by atoms with Gasteiger partial charge in [0.25, 0.3) is 0 Å². The highest BCUT2D eigenvalue weighted by Gasteiger charge is 2.18. The predicted octanol–water partition coefficient (Wildman–Crippen LogP) is 3.46. The molecule has 0 spiro atoms. The second kappa shape index (κ2) is 6.01. The van der Waals surface area contributed by atoms with E-state index in [0.717, 1.165) is 10.6 Å². The molecule has 4 nitrogen and oxygen atoms in total. The summed E-state index contributed by atoms with van der Waals surface area (Å²) in [6.45, 7) is 2.10. The summed E-state index contributed by atoms with van der Waals surface area (Å²) >= 11 is 7.95. The van der Waals surface area contributed by atoms with E-state index in [0.29, 0.717) is 8.95 Å². The molecule has 8 heteroatoms. The number of halogens is 2. The van der Waals surface area contributed by atoms with Crippen molar-refractivity contribution in [2.24, 2.45) is 0 Å². The molecule has 1 aromatic carbocycles. The molecule has 2 aromatic rings. The fraction of sp³-hybridized carbons (Fsp3) is 0.182. The molecule has 0 aliphatic heterocycles. The summed E-state index contributed by atoms with van der Waals surface area (Å²) in [6, 6.07) is 5.03. The highest BCUT2D eigenvalue weighted by molar-refractivity contribution is 9.11. The number of rotatable bonds is 4. The highest BCUT2D eigenvalue weighted by Crippen LogP contribution is 2.26. The van der Waals surface area contributed by atoms with Crippen LogP contribution in [0.2, 0.25) is 0 Å². The molecule has 0 fully saturated rings. The number of nitrogens with zero attached hydrogens (tertiary/aromatic N) is 1. The Morgan fingerprint density at radius 3 is 2.74 bits per heavy atom. The molecule has 0 aliphatic carbocycles. The van der Waals surface area contributed by atoms with Gasteiger partial charge in [0.2, 0.25) is 10.0 Å². The van der Waals surface area contributed by atoms with Crippen LogP contribution >= 0.6 is 43.2 Å². The molecule has 0 amide bonds. The van der Waals surface area contributed by atoms with Gasteiger partial charge in [0.15, 0.2) is 0 Å². The molecule has 0 radical (unpaired) electrons. The standard InChI is InChI=1S/C11H10Br2N2O2S2/c1-7-10(18-6-14-7)5-15-19(16,17)11-4-8(12)2-3-9(11)13/h2-4,6,15H,5H2,1H3. The van der Waals surface area contributed by atoms with Crippen molar-refractivity contribution in [3.63, 3.8) is 0 Å². The van der Waals surface area contributed by atoms with Crippen molar-refractivity contribution in [1.29, 1.82) is 0 Å². The van der Waals surface area contributed by atoms with Crippen molar-refractivity contribution in [3.05, 3.63) is 43.2 Å². The number of sulfonamides is 1. The van der Waals surface area contributed by atoms with E-state index in [9.17, 15) is 8.42 Å². The molecule has 2 rings (SSSR count). The van der Waals surface area contributed by atoms with Crippen LogP contribution in [0, 0.1) is 6.92 Å². The van der Waals surface area contributed by atoms with E-state index in [1.54, 1.807) is 23.7 Å². The summed E-state index contributed by atoms with van der Waals surface area (Å²) in [5.41, 5.74) is 2.55. The molecule has 0 unspecified atom stereocenters. The van der Waals surface area contributed by atoms with Gasteiger partial charge >= 0.3 is 0 Å². The minimum absolute atomic E-state index is 0.212. The summed E-state index contributed by atoms with van der Waals surface area (Å²) < 4.78 is 28.3. The van der Waals surface area contributed by atoms with Gasteiger partial charge in [-0.2, -0.15) is 0 Å². The summed E-state index contributed by atoms with van der Waals surface area (Å²) in [5.74, 6) is 0. The van der Waals surface area contributed by atoms with Crippen LogP contribution in [0.1, 0.15) is 10.6 Å². The van der Waals surface area contributed by atoms with E-state index < -0.39 is 10.0 Å². The highest BCUT2D eigenvalue weighted by atomic mass is 79.9. The Kier molecular flexibility index (Phi) is 4.78. The van der Waals surface area contributed by atoms with Crippen LogP contribution in [0.15, 0.2) is 37.6 Å². The van der Waals surface area contributed by atoms with Crippen LogP contribution in [0.4, 0.5) is 0 Å². The Bertz CT molecular complexity index is 698.